The van der Waals surface area contributed by atoms with E-state index in [-0.39, 0.29) is 29.8 Å². The Bertz CT molecular complexity index is 1330. The molecule has 2 heterocycles. The topological polar surface area (TPSA) is 141 Å². The SMILES string of the molecule is Cc1cc(CNC(=O)c2cc(C(=O)N[C@H]3CCc4cc(N(C)/N=N\NC=O)sc43)ncn2)ccc1F. The Morgan fingerprint density at radius 1 is 1.22 bits per heavy atom. The summed E-state index contributed by atoms with van der Waals surface area (Å²) in [6.45, 7) is 1.84. The molecule has 3 aromatic rings. The number of carbonyl (C=O) groups is 3. The zero-order valence-electron chi connectivity index (χ0n) is 19.5. The molecule has 0 unspecified atom stereocenters. The summed E-state index contributed by atoms with van der Waals surface area (Å²) in [6.07, 6.45) is 3.11. The van der Waals surface area contributed by atoms with Gasteiger partial charge in [0.25, 0.3) is 11.8 Å². The van der Waals surface area contributed by atoms with E-state index in [2.05, 4.69) is 36.5 Å². The minimum absolute atomic E-state index is 0.0513. The minimum atomic E-state index is -0.472. The molecule has 36 heavy (non-hydrogen) atoms. The van der Waals surface area contributed by atoms with Crippen molar-refractivity contribution < 1.29 is 18.8 Å². The Hall–Kier alpha value is -4.26. The fourth-order valence-corrected chi connectivity index (χ4v) is 4.94. The summed E-state index contributed by atoms with van der Waals surface area (Å²) >= 11 is 1.47. The number of benzene rings is 1. The number of aryl methyl sites for hydroxylation is 2. The van der Waals surface area contributed by atoms with Gasteiger partial charge in [-0.25, -0.2) is 24.8 Å². The summed E-state index contributed by atoms with van der Waals surface area (Å²) in [5.74, 6) is -1.20. The minimum Gasteiger partial charge on any atom is -0.347 e. The van der Waals surface area contributed by atoms with E-state index in [1.807, 2.05) is 6.07 Å². The van der Waals surface area contributed by atoms with Crippen LogP contribution in [0.1, 0.15) is 55.0 Å². The second kappa shape index (κ2) is 11.0. The number of nitrogens with zero attached hydrogens (tertiary/aromatic N) is 5. The van der Waals surface area contributed by atoms with E-state index in [0.717, 1.165) is 33.8 Å². The molecule has 3 amide bonds. The van der Waals surface area contributed by atoms with Gasteiger partial charge in [-0.05, 0) is 59.0 Å². The van der Waals surface area contributed by atoms with E-state index in [9.17, 15) is 18.8 Å². The maximum atomic E-state index is 13.4. The number of thiophene rings is 1. The van der Waals surface area contributed by atoms with Crippen LogP contribution >= 0.6 is 11.3 Å². The number of aromatic nitrogens is 2. The van der Waals surface area contributed by atoms with Gasteiger partial charge in [0.05, 0.1) is 6.04 Å². The number of rotatable bonds is 9. The van der Waals surface area contributed by atoms with Gasteiger partial charge < -0.3 is 10.6 Å². The van der Waals surface area contributed by atoms with Crippen molar-refractivity contribution >= 4 is 34.6 Å². The van der Waals surface area contributed by atoms with Crippen molar-refractivity contribution in [2.24, 2.45) is 10.4 Å². The molecule has 1 aliphatic rings. The summed E-state index contributed by atoms with van der Waals surface area (Å²) in [6, 6.07) is 7.70. The van der Waals surface area contributed by atoms with Crippen LogP contribution < -0.4 is 21.1 Å². The van der Waals surface area contributed by atoms with Crippen LogP contribution in [-0.4, -0.2) is 35.2 Å². The molecule has 2 aromatic heterocycles. The molecule has 0 saturated heterocycles. The third-order valence-electron chi connectivity index (χ3n) is 5.57. The fraction of sp³-hybridized carbons (Fsp3) is 0.261. The van der Waals surface area contributed by atoms with Crippen molar-refractivity contribution in [3.63, 3.8) is 0 Å². The van der Waals surface area contributed by atoms with Gasteiger partial charge in [0.15, 0.2) is 0 Å². The van der Waals surface area contributed by atoms with Crippen LogP contribution in [0.5, 0.6) is 0 Å². The first-order valence-corrected chi connectivity index (χ1v) is 11.8. The molecule has 0 radical (unpaired) electrons. The van der Waals surface area contributed by atoms with Crippen molar-refractivity contribution in [1.29, 1.82) is 0 Å². The standard InChI is InChI=1S/C23H23FN8O3S/c1-13-7-14(3-5-16(13)24)10-25-22(34)18-9-19(27-11-26-18)23(35)29-17-6-4-15-8-20(36-21(15)17)32(2)31-30-28-12-33/h3,5,7-9,11-12,17H,4,6,10H2,1-2H3,(H,25,34)(H,29,35)(H,28,31,33)/t17-/m0/s1. The zero-order valence-corrected chi connectivity index (χ0v) is 20.3. The Morgan fingerprint density at radius 2 is 2.00 bits per heavy atom. The molecule has 0 aliphatic heterocycles. The monoisotopic (exact) mass is 510 g/mol. The molecule has 0 bridgehead atoms. The molecule has 4 rings (SSSR count). The molecule has 1 aliphatic carbocycles. The maximum absolute atomic E-state index is 13.4. The van der Waals surface area contributed by atoms with E-state index in [4.69, 9.17) is 0 Å². The summed E-state index contributed by atoms with van der Waals surface area (Å²) in [5, 5.41) is 15.4. The highest BCUT2D eigenvalue weighted by Gasteiger charge is 2.28. The molecular weight excluding hydrogens is 487 g/mol. The highest BCUT2D eigenvalue weighted by molar-refractivity contribution is 7.16. The van der Waals surface area contributed by atoms with E-state index in [1.54, 1.807) is 26.1 Å². The summed E-state index contributed by atoms with van der Waals surface area (Å²) < 4.78 is 13.4. The average Bonchev–Trinajstić information content (AvgIpc) is 3.46. The van der Waals surface area contributed by atoms with Crippen molar-refractivity contribution in [3.8, 4) is 0 Å². The lowest BCUT2D eigenvalue weighted by atomic mass is 10.1. The number of carbonyl (C=O) groups excluding carboxylic acids is 3. The number of amides is 3. The quantitative estimate of drug-likeness (QED) is 0.230. The lowest BCUT2D eigenvalue weighted by molar-refractivity contribution is -0.109. The highest BCUT2D eigenvalue weighted by atomic mass is 32.1. The zero-order chi connectivity index (χ0) is 25.7. The van der Waals surface area contributed by atoms with Crippen LogP contribution in [0.3, 0.4) is 0 Å². The Morgan fingerprint density at radius 3 is 2.75 bits per heavy atom. The van der Waals surface area contributed by atoms with Gasteiger partial charge in [0.1, 0.15) is 28.5 Å². The van der Waals surface area contributed by atoms with Crippen LogP contribution in [0.25, 0.3) is 0 Å². The number of nitrogens with one attached hydrogen (secondary N) is 3. The summed E-state index contributed by atoms with van der Waals surface area (Å²) in [5.41, 5.74) is 4.57. The molecule has 0 spiro atoms. The molecular formula is C23H23FN8O3S. The van der Waals surface area contributed by atoms with Crippen LogP contribution in [0.4, 0.5) is 9.39 Å². The first-order chi connectivity index (χ1) is 17.4. The first-order valence-electron chi connectivity index (χ1n) is 11.0. The van der Waals surface area contributed by atoms with Gasteiger partial charge in [-0.1, -0.05) is 12.1 Å². The van der Waals surface area contributed by atoms with Gasteiger partial charge in [-0.15, -0.1) is 11.3 Å². The number of fused-ring (bicyclic) bond motifs is 1. The Balaban J connectivity index is 1.39. The highest BCUT2D eigenvalue weighted by Crippen LogP contribution is 2.41. The number of anilines is 1. The molecule has 11 nitrogen and oxygen atoms in total. The second-order valence-electron chi connectivity index (χ2n) is 8.05. The van der Waals surface area contributed by atoms with Gasteiger partial charge in [0, 0.05) is 24.5 Å². The van der Waals surface area contributed by atoms with Crippen molar-refractivity contribution in [2.75, 3.05) is 12.1 Å². The summed E-state index contributed by atoms with van der Waals surface area (Å²) in [4.78, 5) is 44.8. The van der Waals surface area contributed by atoms with E-state index < -0.39 is 11.8 Å². The predicted octanol–water partition coefficient (Wildman–Crippen LogP) is 2.80. The maximum Gasteiger partial charge on any atom is 0.270 e. The fourth-order valence-electron chi connectivity index (χ4n) is 3.73. The van der Waals surface area contributed by atoms with E-state index >= 15 is 0 Å². The predicted molar refractivity (Wildman–Crippen MR) is 130 cm³/mol. The molecule has 1 aromatic carbocycles. The van der Waals surface area contributed by atoms with Gasteiger partial charge >= 0.3 is 0 Å². The Kier molecular flexibility index (Phi) is 7.59. The molecule has 186 valence electrons. The van der Waals surface area contributed by atoms with E-state index in [0.29, 0.717) is 12.0 Å². The van der Waals surface area contributed by atoms with Gasteiger partial charge in [0.2, 0.25) is 6.41 Å². The van der Waals surface area contributed by atoms with Crippen LogP contribution in [-0.2, 0) is 17.8 Å². The normalized spacial score (nSPS) is 14.4. The molecule has 0 fully saturated rings. The lowest BCUT2D eigenvalue weighted by Gasteiger charge is -2.13. The summed E-state index contributed by atoms with van der Waals surface area (Å²) in [7, 11) is 1.70. The Labute approximate surface area is 209 Å². The number of hydrogen-bond donors (Lipinski definition) is 3. The average molecular weight is 511 g/mol. The van der Waals surface area contributed by atoms with Crippen molar-refractivity contribution in [3.05, 3.63) is 75.4 Å². The smallest absolute Gasteiger partial charge is 0.270 e. The first kappa shape index (κ1) is 24.9. The van der Waals surface area contributed by atoms with Crippen LogP contribution in [0.2, 0.25) is 0 Å². The van der Waals surface area contributed by atoms with Crippen molar-refractivity contribution in [1.82, 2.24) is 26.0 Å². The molecule has 1 atom stereocenters. The largest absolute Gasteiger partial charge is 0.347 e. The van der Waals surface area contributed by atoms with Crippen LogP contribution in [0.15, 0.2) is 47.1 Å². The lowest BCUT2D eigenvalue weighted by Crippen LogP contribution is -2.29. The molecule has 3 N–H and O–H groups in total. The van der Waals surface area contributed by atoms with Crippen LogP contribution in [0, 0.1) is 12.7 Å². The van der Waals surface area contributed by atoms with Gasteiger partial charge in [-0.3, -0.25) is 14.4 Å². The van der Waals surface area contributed by atoms with Crippen molar-refractivity contribution in [2.45, 2.75) is 32.4 Å². The second-order valence-corrected chi connectivity index (χ2v) is 9.12. The molecule has 0 saturated carbocycles. The number of hydrogen-bond acceptors (Lipinski definition) is 8. The third kappa shape index (κ3) is 5.68. The van der Waals surface area contributed by atoms with Gasteiger partial charge in [-0.2, -0.15) is 0 Å². The molecule has 13 heteroatoms. The third-order valence-corrected chi connectivity index (χ3v) is 6.93. The number of halogens is 1. The van der Waals surface area contributed by atoms with E-state index in [1.165, 1.54) is 34.8 Å².